The number of carbonyl (C=O) groups is 2. The molecule has 20 heavy (non-hydrogen) atoms. The van der Waals surface area contributed by atoms with Crippen LogP contribution in [0.15, 0.2) is 42.5 Å². The number of fused-ring (bicyclic) bond motifs is 3. The molecular weight excluding hydrogens is 256 g/mol. The van der Waals surface area contributed by atoms with Gasteiger partial charge in [-0.05, 0) is 34.4 Å². The van der Waals surface area contributed by atoms with Crippen molar-refractivity contribution in [3.8, 4) is 0 Å². The summed E-state index contributed by atoms with van der Waals surface area (Å²) in [7, 11) is 0. The zero-order valence-electron chi connectivity index (χ0n) is 10.5. The first-order valence-corrected chi connectivity index (χ1v) is 6.27. The molecule has 1 unspecified atom stereocenters. The highest BCUT2D eigenvalue weighted by Gasteiger charge is 2.26. The SMILES string of the molecule is O=C(O)c1cc2c(c3ccccc13)CC=CC2C(=O)O. The molecule has 2 aromatic carbocycles. The average molecular weight is 268 g/mol. The molecule has 3 rings (SSSR count). The number of aromatic carboxylic acids is 1. The lowest BCUT2D eigenvalue weighted by Gasteiger charge is -2.21. The normalized spacial score (nSPS) is 16.9. The number of hydrogen-bond donors (Lipinski definition) is 2. The van der Waals surface area contributed by atoms with Crippen LogP contribution < -0.4 is 0 Å². The van der Waals surface area contributed by atoms with Crippen LogP contribution in [0.25, 0.3) is 10.8 Å². The highest BCUT2D eigenvalue weighted by Crippen LogP contribution is 2.35. The smallest absolute Gasteiger partial charge is 0.336 e. The van der Waals surface area contributed by atoms with Crippen LogP contribution in [-0.4, -0.2) is 22.2 Å². The largest absolute Gasteiger partial charge is 0.481 e. The maximum absolute atomic E-state index is 11.4. The van der Waals surface area contributed by atoms with Crippen molar-refractivity contribution >= 4 is 22.7 Å². The van der Waals surface area contributed by atoms with Gasteiger partial charge < -0.3 is 10.2 Å². The third kappa shape index (κ3) is 1.77. The van der Waals surface area contributed by atoms with Crippen molar-refractivity contribution in [3.63, 3.8) is 0 Å². The Morgan fingerprint density at radius 3 is 2.45 bits per heavy atom. The molecule has 0 radical (unpaired) electrons. The van der Waals surface area contributed by atoms with Gasteiger partial charge in [-0.15, -0.1) is 0 Å². The van der Waals surface area contributed by atoms with Crippen LogP contribution in [0.3, 0.4) is 0 Å². The molecule has 0 aromatic heterocycles. The van der Waals surface area contributed by atoms with Gasteiger partial charge in [-0.2, -0.15) is 0 Å². The summed E-state index contributed by atoms with van der Waals surface area (Å²) in [6.45, 7) is 0. The van der Waals surface area contributed by atoms with E-state index in [9.17, 15) is 19.8 Å². The van der Waals surface area contributed by atoms with E-state index in [0.717, 1.165) is 10.9 Å². The fraction of sp³-hybridized carbons (Fsp3) is 0.125. The summed E-state index contributed by atoms with van der Waals surface area (Å²) in [5, 5.41) is 20.1. The lowest BCUT2D eigenvalue weighted by molar-refractivity contribution is -0.137. The number of rotatable bonds is 2. The van der Waals surface area contributed by atoms with Crippen LogP contribution in [-0.2, 0) is 11.2 Å². The molecular formula is C16H12O4. The lowest BCUT2D eigenvalue weighted by atomic mass is 9.83. The predicted molar refractivity (Wildman–Crippen MR) is 74.1 cm³/mol. The van der Waals surface area contributed by atoms with Crippen molar-refractivity contribution in [3.05, 3.63) is 59.2 Å². The molecule has 0 spiro atoms. The van der Waals surface area contributed by atoms with Crippen molar-refractivity contribution in [2.75, 3.05) is 0 Å². The first-order valence-electron chi connectivity index (χ1n) is 6.27. The van der Waals surface area contributed by atoms with E-state index in [1.165, 1.54) is 6.07 Å². The fourth-order valence-electron chi connectivity index (χ4n) is 2.78. The maximum Gasteiger partial charge on any atom is 0.336 e. The van der Waals surface area contributed by atoms with Gasteiger partial charge >= 0.3 is 11.9 Å². The van der Waals surface area contributed by atoms with Gasteiger partial charge in [-0.25, -0.2) is 4.79 Å². The molecule has 0 saturated carbocycles. The molecule has 0 amide bonds. The summed E-state index contributed by atoms with van der Waals surface area (Å²) in [5.74, 6) is -2.78. The van der Waals surface area contributed by atoms with Crippen LogP contribution in [0.1, 0.15) is 27.4 Å². The molecule has 1 atom stereocenters. The Bertz CT molecular complexity index is 758. The Balaban J connectivity index is 2.39. The number of carboxylic acid groups (broad SMARTS) is 2. The van der Waals surface area contributed by atoms with Crippen LogP contribution >= 0.6 is 0 Å². The standard InChI is InChI=1S/C16H12O4/c17-15(18)12-7-3-6-10-9-4-1-2-5-11(9)14(16(19)20)8-13(10)12/h1-5,7-8,12H,6H2,(H,17,18)(H,19,20). The van der Waals surface area contributed by atoms with E-state index in [1.807, 2.05) is 18.2 Å². The number of carboxylic acids is 2. The van der Waals surface area contributed by atoms with Crippen molar-refractivity contribution in [1.29, 1.82) is 0 Å². The Morgan fingerprint density at radius 2 is 1.80 bits per heavy atom. The molecule has 2 N–H and O–H groups in total. The van der Waals surface area contributed by atoms with Crippen LogP contribution in [0.4, 0.5) is 0 Å². The van der Waals surface area contributed by atoms with E-state index in [-0.39, 0.29) is 5.56 Å². The third-order valence-electron chi connectivity index (χ3n) is 3.67. The second-order valence-corrected chi connectivity index (χ2v) is 4.79. The van der Waals surface area contributed by atoms with Gasteiger partial charge in [-0.3, -0.25) is 4.79 Å². The van der Waals surface area contributed by atoms with Gasteiger partial charge in [0.25, 0.3) is 0 Å². The molecule has 0 saturated heterocycles. The molecule has 2 aromatic rings. The molecule has 1 aliphatic carbocycles. The predicted octanol–water partition coefficient (Wildman–Crippen LogP) is 2.82. The van der Waals surface area contributed by atoms with E-state index in [1.54, 1.807) is 18.2 Å². The molecule has 0 fully saturated rings. The molecule has 0 bridgehead atoms. The number of aliphatic carboxylic acids is 1. The van der Waals surface area contributed by atoms with E-state index < -0.39 is 17.9 Å². The number of allylic oxidation sites excluding steroid dienone is 1. The minimum Gasteiger partial charge on any atom is -0.481 e. The van der Waals surface area contributed by atoms with Gasteiger partial charge in [-0.1, -0.05) is 36.4 Å². The quantitative estimate of drug-likeness (QED) is 0.821. The molecule has 4 nitrogen and oxygen atoms in total. The van der Waals surface area contributed by atoms with Crippen LogP contribution in [0.5, 0.6) is 0 Å². The Kier molecular flexibility index (Phi) is 2.79. The summed E-state index contributed by atoms with van der Waals surface area (Å²) < 4.78 is 0. The zero-order valence-corrected chi connectivity index (χ0v) is 10.5. The number of benzene rings is 2. The molecule has 4 heteroatoms. The molecule has 0 aliphatic heterocycles. The van der Waals surface area contributed by atoms with Gasteiger partial charge in [0.15, 0.2) is 0 Å². The lowest BCUT2D eigenvalue weighted by Crippen LogP contribution is -2.16. The Morgan fingerprint density at radius 1 is 1.10 bits per heavy atom. The monoisotopic (exact) mass is 268 g/mol. The van der Waals surface area contributed by atoms with Gasteiger partial charge in [0.1, 0.15) is 5.92 Å². The first-order chi connectivity index (χ1) is 9.59. The topological polar surface area (TPSA) is 74.6 Å². The van der Waals surface area contributed by atoms with Gasteiger partial charge in [0, 0.05) is 0 Å². The Hall–Kier alpha value is -2.62. The van der Waals surface area contributed by atoms with E-state index in [4.69, 9.17) is 0 Å². The second kappa shape index (κ2) is 4.49. The summed E-state index contributed by atoms with van der Waals surface area (Å²) in [6, 6.07) is 8.73. The maximum atomic E-state index is 11.4. The van der Waals surface area contributed by atoms with Gasteiger partial charge in [0.05, 0.1) is 5.56 Å². The number of hydrogen-bond acceptors (Lipinski definition) is 2. The van der Waals surface area contributed by atoms with E-state index >= 15 is 0 Å². The summed E-state index contributed by atoms with van der Waals surface area (Å²) in [4.78, 5) is 22.7. The molecule has 0 heterocycles. The summed E-state index contributed by atoms with van der Waals surface area (Å²) in [6.07, 6.45) is 4.07. The van der Waals surface area contributed by atoms with Crippen molar-refractivity contribution in [1.82, 2.24) is 0 Å². The van der Waals surface area contributed by atoms with E-state index in [0.29, 0.717) is 17.4 Å². The van der Waals surface area contributed by atoms with Crippen LogP contribution in [0, 0.1) is 0 Å². The van der Waals surface area contributed by atoms with Crippen LogP contribution in [0.2, 0.25) is 0 Å². The second-order valence-electron chi connectivity index (χ2n) is 4.79. The van der Waals surface area contributed by atoms with Crippen molar-refractivity contribution < 1.29 is 19.8 Å². The Labute approximate surface area is 115 Å². The summed E-state index contributed by atoms with van der Waals surface area (Å²) in [5.41, 5.74) is 1.64. The fourth-order valence-corrected chi connectivity index (χ4v) is 2.78. The van der Waals surface area contributed by atoms with E-state index in [2.05, 4.69) is 0 Å². The third-order valence-corrected chi connectivity index (χ3v) is 3.67. The molecule has 1 aliphatic rings. The zero-order chi connectivity index (χ0) is 14.3. The molecule has 100 valence electrons. The average Bonchev–Trinajstić information content (AvgIpc) is 2.45. The highest BCUT2D eigenvalue weighted by molar-refractivity contribution is 6.06. The van der Waals surface area contributed by atoms with Crippen molar-refractivity contribution in [2.24, 2.45) is 0 Å². The summed E-state index contributed by atoms with van der Waals surface area (Å²) >= 11 is 0. The highest BCUT2D eigenvalue weighted by atomic mass is 16.4. The minimum atomic E-state index is -1.04. The van der Waals surface area contributed by atoms with Gasteiger partial charge in [0.2, 0.25) is 0 Å². The minimum absolute atomic E-state index is 0.154. The first kappa shape index (κ1) is 12.4. The van der Waals surface area contributed by atoms with Crippen molar-refractivity contribution in [2.45, 2.75) is 12.3 Å².